The minimum absolute atomic E-state index is 0.195. The first-order chi connectivity index (χ1) is 6.60. The van der Waals surface area contributed by atoms with E-state index in [0.717, 1.165) is 18.4 Å². The molecule has 1 heterocycles. The Kier molecular flexibility index (Phi) is 2.31. The lowest BCUT2D eigenvalue weighted by atomic mass is 9.95. The van der Waals surface area contributed by atoms with Crippen LogP contribution < -0.4 is 0 Å². The Hall–Kier alpha value is -0.550. The third kappa shape index (κ3) is 1.44. The van der Waals surface area contributed by atoms with Crippen LogP contribution in [0.4, 0.5) is 0 Å². The smallest absolute Gasteiger partial charge is 0.0987 e. The molecule has 0 aromatic heterocycles. The van der Waals surface area contributed by atoms with E-state index >= 15 is 0 Å². The minimum atomic E-state index is 0.195. The van der Waals surface area contributed by atoms with Crippen LogP contribution in [0.25, 0.3) is 0 Å². The molecule has 0 N–H and O–H groups in total. The number of nitrogens with zero attached hydrogens (tertiary/aromatic N) is 2. The first-order valence-electron chi connectivity index (χ1n) is 5.78. The van der Waals surface area contributed by atoms with Crippen molar-refractivity contribution in [2.45, 2.75) is 64.1 Å². The summed E-state index contributed by atoms with van der Waals surface area (Å²) in [6.45, 7) is 6.81. The van der Waals surface area contributed by atoms with Crippen LogP contribution in [0.5, 0.6) is 0 Å². The van der Waals surface area contributed by atoms with Gasteiger partial charge in [-0.15, -0.1) is 0 Å². The molecule has 2 heteroatoms. The van der Waals surface area contributed by atoms with Crippen molar-refractivity contribution in [3.63, 3.8) is 0 Å². The van der Waals surface area contributed by atoms with E-state index in [9.17, 15) is 0 Å². The van der Waals surface area contributed by atoms with Crippen LogP contribution >= 0.6 is 0 Å². The zero-order valence-electron chi connectivity index (χ0n) is 9.45. The predicted octanol–water partition coefficient (Wildman–Crippen LogP) is 2.55. The number of hydrogen-bond acceptors (Lipinski definition) is 2. The molecule has 78 valence electrons. The second-order valence-electron chi connectivity index (χ2n) is 5.41. The van der Waals surface area contributed by atoms with Crippen LogP contribution in [-0.2, 0) is 0 Å². The lowest BCUT2D eigenvalue weighted by Gasteiger charge is -2.39. The van der Waals surface area contributed by atoms with E-state index < -0.39 is 0 Å². The fraction of sp³-hybridized carbons (Fsp3) is 0.917. The third-order valence-electron chi connectivity index (χ3n) is 3.81. The van der Waals surface area contributed by atoms with Crippen molar-refractivity contribution in [2.75, 3.05) is 0 Å². The Bertz CT molecular complexity index is 264. The Morgan fingerprint density at radius 1 is 1.43 bits per heavy atom. The molecule has 0 amide bonds. The van der Waals surface area contributed by atoms with Gasteiger partial charge in [-0.25, -0.2) is 0 Å². The van der Waals surface area contributed by atoms with Gasteiger partial charge in [-0.1, -0.05) is 13.3 Å². The van der Waals surface area contributed by atoms with Crippen molar-refractivity contribution in [2.24, 2.45) is 5.92 Å². The van der Waals surface area contributed by atoms with Crippen molar-refractivity contribution in [3.05, 3.63) is 0 Å². The van der Waals surface area contributed by atoms with Crippen molar-refractivity contribution in [3.8, 4) is 6.07 Å². The van der Waals surface area contributed by atoms with Crippen LogP contribution in [0.3, 0.4) is 0 Å². The molecule has 1 aliphatic heterocycles. The highest BCUT2D eigenvalue weighted by Gasteiger charge is 2.55. The summed E-state index contributed by atoms with van der Waals surface area (Å²) in [6, 6.07) is 3.40. The van der Waals surface area contributed by atoms with E-state index in [0.29, 0.717) is 0 Å². The lowest BCUT2D eigenvalue weighted by Crippen LogP contribution is -2.48. The van der Waals surface area contributed by atoms with Crippen LogP contribution in [0.2, 0.25) is 0 Å². The van der Waals surface area contributed by atoms with Crippen molar-refractivity contribution < 1.29 is 0 Å². The molecule has 2 aliphatic rings. The van der Waals surface area contributed by atoms with Gasteiger partial charge < -0.3 is 0 Å². The third-order valence-corrected chi connectivity index (χ3v) is 3.81. The summed E-state index contributed by atoms with van der Waals surface area (Å²) in [7, 11) is 0. The maximum atomic E-state index is 9.11. The number of hydrogen-bond donors (Lipinski definition) is 0. The van der Waals surface area contributed by atoms with Gasteiger partial charge in [0, 0.05) is 11.6 Å². The predicted molar refractivity (Wildman–Crippen MR) is 56.7 cm³/mol. The van der Waals surface area contributed by atoms with Gasteiger partial charge in [0.25, 0.3) is 0 Å². The lowest BCUT2D eigenvalue weighted by molar-refractivity contribution is 0.0949. The number of likely N-dealkylation sites (tertiary alicyclic amines) is 1. The average Bonchev–Trinajstić information content (AvgIpc) is 2.75. The molecule has 1 aliphatic carbocycles. The number of rotatable bonds is 3. The van der Waals surface area contributed by atoms with Crippen LogP contribution in [0.1, 0.15) is 46.5 Å². The average molecular weight is 192 g/mol. The van der Waals surface area contributed by atoms with Gasteiger partial charge in [0.1, 0.15) is 0 Å². The summed E-state index contributed by atoms with van der Waals surface area (Å²) in [5.41, 5.74) is 0.227. The highest BCUT2D eigenvalue weighted by atomic mass is 15.3. The van der Waals surface area contributed by atoms with E-state index in [1.807, 2.05) is 0 Å². The summed E-state index contributed by atoms with van der Waals surface area (Å²) in [6.07, 6.45) is 4.87. The molecule has 14 heavy (non-hydrogen) atoms. The molecular weight excluding hydrogens is 172 g/mol. The summed E-state index contributed by atoms with van der Waals surface area (Å²) in [5.74, 6) is 0.843. The SMILES string of the molecule is CCCC(C)(C)N1C(C#N)CC2CC21. The van der Waals surface area contributed by atoms with Gasteiger partial charge in [0.2, 0.25) is 0 Å². The van der Waals surface area contributed by atoms with Gasteiger partial charge in [-0.05, 0) is 39.0 Å². The van der Waals surface area contributed by atoms with E-state index in [4.69, 9.17) is 5.26 Å². The molecule has 0 aromatic carbocycles. The molecule has 3 atom stereocenters. The fourth-order valence-electron chi connectivity index (χ4n) is 3.18. The molecule has 3 unspecified atom stereocenters. The van der Waals surface area contributed by atoms with Crippen LogP contribution in [-0.4, -0.2) is 22.5 Å². The molecule has 2 nitrogen and oxygen atoms in total. The van der Waals surface area contributed by atoms with Crippen molar-refractivity contribution in [1.29, 1.82) is 5.26 Å². The zero-order valence-corrected chi connectivity index (χ0v) is 9.45. The molecule has 2 rings (SSSR count). The number of fused-ring (bicyclic) bond motifs is 1. The van der Waals surface area contributed by atoms with E-state index in [2.05, 4.69) is 31.7 Å². The Labute approximate surface area is 86.9 Å². The molecule has 0 aromatic rings. The molecule has 1 saturated carbocycles. The minimum Gasteiger partial charge on any atom is -0.280 e. The summed E-state index contributed by atoms with van der Waals surface area (Å²) in [5, 5.41) is 9.11. The quantitative estimate of drug-likeness (QED) is 0.687. The highest BCUT2D eigenvalue weighted by molar-refractivity contribution is 5.15. The largest absolute Gasteiger partial charge is 0.280 e. The Balaban J connectivity index is 2.11. The van der Waals surface area contributed by atoms with Gasteiger partial charge in [0.15, 0.2) is 0 Å². The summed E-state index contributed by atoms with van der Waals surface area (Å²) >= 11 is 0. The maximum Gasteiger partial charge on any atom is 0.0987 e. The summed E-state index contributed by atoms with van der Waals surface area (Å²) in [4.78, 5) is 2.49. The molecular formula is C12H20N2. The first-order valence-corrected chi connectivity index (χ1v) is 5.78. The van der Waals surface area contributed by atoms with E-state index in [1.165, 1.54) is 19.3 Å². The molecule has 0 bridgehead atoms. The van der Waals surface area contributed by atoms with E-state index in [1.54, 1.807) is 0 Å². The molecule has 0 spiro atoms. The second kappa shape index (κ2) is 3.24. The van der Waals surface area contributed by atoms with Gasteiger partial charge in [0.05, 0.1) is 12.1 Å². The number of piperidine rings is 1. The maximum absolute atomic E-state index is 9.11. The van der Waals surface area contributed by atoms with Crippen molar-refractivity contribution >= 4 is 0 Å². The topological polar surface area (TPSA) is 27.0 Å². The molecule has 0 radical (unpaired) electrons. The second-order valence-corrected chi connectivity index (χ2v) is 5.41. The molecule has 1 saturated heterocycles. The highest BCUT2D eigenvalue weighted by Crippen LogP contribution is 2.51. The van der Waals surface area contributed by atoms with Crippen LogP contribution in [0, 0.1) is 17.2 Å². The summed E-state index contributed by atoms with van der Waals surface area (Å²) < 4.78 is 0. The van der Waals surface area contributed by atoms with Crippen molar-refractivity contribution in [1.82, 2.24) is 4.90 Å². The Morgan fingerprint density at radius 2 is 2.14 bits per heavy atom. The monoisotopic (exact) mass is 192 g/mol. The van der Waals surface area contributed by atoms with E-state index in [-0.39, 0.29) is 11.6 Å². The molecule has 2 fully saturated rings. The Morgan fingerprint density at radius 3 is 2.71 bits per heavy atom. The standard InChI is InChI=1S/C12H20N2/c1-4-5-12(2,3)14-10(8-13)6-9-7-11(9)14/h9-11H,4-7H2,1-3H3. The zero-order chi connectivity index (χ0) is 10.3. The van der Waals surface area contributed by atoms with Gasteiger partial charge >= 0.3 is 0 Å². The first kappa shape index (κ1) is 9.98. The normalized spacial score (nSPS) is 36.6. The number of nitriles is 1. The van der Waals surface area contributed by atoms with Crippen LogP contribution in [0.15, 0.2) is 0 Å². The van der Waals surface area contributed by atoms with Gasteiger partial charge in [-0.2, -0.15) is 5.26 Å². The fourth-order valence-corrected chi connectivity index (χ4v) is 3.18. The van der Waals surface area contributed by atoms with Gasteiger partial charge in [-0.3, -0.25) is 4.90 Å².